The molecule has 0 unspecified atom stereocenters. The second-order valence-corrected chi connectivity index (χ2v) is 2.72. The summed E-state index contributed by atoms with van der Waals surface area (Å²) in [4.78, 5) is 18.9. The number of guanidine groups is 1. The van der Waals surface area contributed by atoms with E-state index in [4.69, 9.17) is 12.2 Å². The van der Waals surface area contributed by atoms with Crippen LogP contribution in [0.2, 0.25) is 0 Å². The zero-order chi connectivity index (χ0) is 11.8. The highest BCUT2D eigenvalue weighted by molar-refractivity contribution is 5.96. The molecule has 0 saturated heterocycles. The molecule has 6 heteroatoms. The highest BCUT2D eigenvalue weighted by Gasteiger charge is 2.00. The largest absolute Gasteiger partial charge is 0.369 e. The van der Waals surface area contributed by atoms with Gasteiger partial charge in [0, 0.05) is 6.20 Å². The predicted octanol–water partition coefficient (Wildman–Crippen LogP) is -0.0398. The Balaban J connectivity index is 2.53. The van der Waals surface area contributed by atoms with Gasteiger partial charge in [-0.2, -0.15) is 0 Å². The molecule has 0 spiro atoms. The zero-order valence-corrected chi connectivity index (χ0v) is 8.47. The maximum atomic E-state index is 11.1. The number of hydrogen-bond donors (Lipinski definition) is 3. The summed E-state index contributed by atoms with van der Waals surface area (Å²) in [5.74, 6) is 2.23. The maximum absolute atomic E-state index is 11.1. The summed E-state index contributed by atoms with van der Waals surface area (Å²) >= 11 is 0. The molecule has 4 N–H and O–H groups in total. The Kier molecular flexibility index (Phi) is 4.34. The van der Waals surface area contributed by atoms with Gasteiger partial charge in [0.1, 0.15) is 0 Å². The van der Waals surface area contributed by atoms with Crippen molar-refractivity contribution in [2.75, 3.05) is 6.54 Å². The SMILES string of the molecule is C#CCNC(=O)NC(N)=Nc1cccnc1. The molecule has 2 amide bonds. The molecule has 0 aromatic carbocycles. The Hall–Kier alpha value is -2.55. The minimum absolute atomic E-state index is 0.0254. The van der Waals surface area contributed by atoms with E-state index in [0.29, 0.717) is 5.69 Å². The lowest BCUT2D eigenvalue weighted by Crippen LogP contribution is -2.43. The fourth-order valence-corrected chi connectivity index (χ4v) is 0.879. The Bertz CT molecular complexity index is 421. The number of urea groups is 1. The average molecular weight is 217 g/mol. The van der Waals surface area contributed by atoms with Crippen molar-refractivity contribution in [2.45, 2.75) is 0 Å². The number of carbonyl (C=O) groups excluding carboxylic acids is 1. The Labute approximate surface area is 93.0 Å². The van der Waals surface area contributed by atoms with Crippen LogP contribution in [0.5, 0.6) is 0 Å². The first kappa shape index (κ1) is 11.5. The molecule has 0 atom stereocenters. The summed E-state index contributed by atoms with van der Waals surface area (Å²) < 4.78 is 0. The van der Waals surface area contributed by atoms with E-state index in [0.717, 1.165) is 0 Å². The fraction of sp³-hybridized carbons (Fsp3) is 0.100. The Morgan fingerprint density at radius 3 is 3.12 bits per heavy atom. The van der Waals surface area contributed by atoms with Gasteiger partial charge >= 0.3 is 6.03 Å². The van der Waals surface area contributed by atoms with Gasteiger partial charge in [0.25, 0.3) is 0 Å². The lowest BCUT2D eigenvalue weighted by Gasteiger charge is -2.03. The molecule has 16 heavy (non-hydrogen) atoms. The molecule has 1 aromatic heterocycles. The third-order valence-electron chi connectivity index (χ3n) is 1.49. The second kappa shape index (κ2) is 6.03. The summed E-state index contributed by atoms with van der Waals surface area (Å²) in [6, 6.07) is 2.92. The molecule has 0 fully saturated rings. The monoisotopic (exact) mass is 217 g/mol. The minimum atomic E-state index is -0.497. The fourth-order valence-electron chi connectivity index (χ4n) is 0.879. The molecule has 6 nitrogen and oxygen atoms in total. The lowest BCUT2D eigenvalue weighted by atomic mass is 10.4. The number of aliphatic imine (C=N–C) groups is 1. The van der Waals surface area contributed by atoms with Crippen molar-refractivity contribution < 1.29 is 4.79 Å². The van der Waals surface area contributed by atoms with E-state index in [1.54, 1.807) is 18.3 Å². The third kappa shape index (κ3) is 4.11. The molecule has 1 rings (SSSR count). The molecule has 0 aliphatic carbocycles. The summed E-state index contributed by atoms with van der Waals surface area (Å²) in [5.41, 5.74) is 6.03. The topological polar surface area (TPSA) is 92.4 Å². The van der Waals surface area contributed by atoms with Gasteiger partial charge in [-0.15, -0.1) is 6.42 Å². The van der Waals surface area contributed by atoms with E-state index >= 15 is 0 Å². The van der Waals surface area contributed by atoms with Crippen LogP contribution in [0.15, 0.2) is 29.5 Å². The molecule has 0 aliphatic rings. The molecular weight excluding hydrogens is 206 g/mol. The molecular formula is C10H11N5O. The molecule has 82 valence electrons. The van der Waals surface area contributed by atoms with Crippen molar-refractivity contribution in [1.82, 2.24) is 15.6 Å². The van der Waals surface area contributed by atoms with E-state index in [2.05, 4.69) is 26.5 Å². The number of pyridine rings is 1. The minimum Gasteiger partial charge on any atom is -0.369 e. The molecule has 0 bridgehead atoms. The first-order valence-electron chi connectivity index (χ1n) is 4.45. The molecule has 1 heterocycles. The predicted molar refractivity (Wildman–Crippen MR) is 60.9 cm³/mol. The standard InChI is InChI=1S/C10H11N5O/c1-2-5-13-10(16)15-9(11)14-8-4-3-6-12-7-8/h1,3-4,6-7H,5H2,(H4,11,13,14,15,16). The van der Waals surface area contributed by atoms with Crippen molar-refractivity contribution in [3.8, 4) is 12.3 Å². The van der Waals surface area contributed by atoms with E-state index in [-0.39, 0.29) is 12.5 Å². The zero-order valence-electron chi connectivity index (χ0n) is 8.47. The number of nitrogens with two attached hydrogens (primary N) is 1. The van der Waals surface area contributed by atoms with Gasteiger partial charge in [-0.05, 0) is 12.1 Å². The number of nitrogens with one attached hydrogen (secondary N) is 2. The molecule has 1 aromatic rings. The van der Waals surface area contributed by atoms with Crippen LogP contribution in [0.1, 0.15) is 0 Å². The lowest BCUT2D eigenvalue weighted by molar-refractivity contribution is 0.246. The smallest absolute Gasteiger partial charge is 0.322 e. The van der Waals surface area contributed by atoms with Crippen molar-refractivity contribution in [3.05, 3.63) is 24.5 Å². The van der Waals surface area contributed by atoms with Gasteiger partial charge < -0.3 is 11.1 Å². The first-order chi connectivity index (χ1) is 7.72. The van der Waals surface area contributed by atoms with E-state index in [9.17, 15) is 4.79 Å². The highest BCUT2D eigenvalue weighted by Crippen LogP contribution is 2.06. The second-order valence-electron chi connectivity index (χ2n) is 2.72. The number of aromatic nitrogens is 1. The van der Waals surface area contributed by atoms with Crippen molar-refractivity contribution in [1.29, 1.82) is 0 Å². The number of nitrogens with zero attached hydrogens (tertiary/aromatic N) is 2. The van der Waals surface area contributed by atoms with Gasteiger partial charge in [0.15, 0.2) is 0 Å². The van der Waals surface area contributed by atoms with E-state index < -0.39 is 6.03 Å². The number of carbonyl (C=O) groups is 1. The van der Waals surface area contributed by atoms with Crippen LogP contribution < -0.4 is 16.4 Å². The summed E-state index contributed by atoms with van der Waals surface area (Å²) in [6.45, 7) is 0.131. The third-order valence-corrected chi connectivity index (χ3v) is 1.49. The van der Waals surface area contributed by atoms with Crippen LogP contribution in [0.3, 0.4) is 0 Å². The Morgan fingerprint density at radius 2 is 2.50 bits per heavy atom. The van der Waals surface area contributed by atoms with Gasteiger partial charge in [-0.1, -0.05) is 5.92 Å². The van der Waals surface area contributed by atoms with Gasteiger partial charge in [-0.25, -0.2) is 9.79 Å². The van der Waals surface area contributed by atoms with Crippen LogP contribution in [0, 0.1) is 12.3 Å². The molecule has 0 aliphatic heterocycles. The van der Waals surface area contributed by atoms with Gasteiger partial charge in [0.2, 0.25) is 5.96 Å². The van der Waals surface area contributed by atoms with Crippen LogP contribution >= 0.6 is 0 Å². The quantitative estimate of drug-likeness (QED) is 0.368. The van der Waals surface area contributed by atoms with Crippen LogP contribution in [0.4, 0.5) is 10.5 Å². The number of amides is 2. The summed E-state index contributed by atoms with van der Waals surface area (Å²) in [6.07, 6.45) is 8.10. The molecule has 0 saturated carbocycles. The van der Waals surface area contributed by atoms with E-state index in [1.165, 1.54) is 6.20 Å². The molecule has 0 radical (unpaired) electrons. The van der Waals surface area contributed by atoms with Crippen LogP contribution in [-0.2, 0) is 0 Å². The first-order valence-corrected chi connectivity index (χ1v) is 4.45. The van der Waals surface area contributed by atoms with Crippen molar-refractivity contribution in [3.63, 3.8) is 0 Å². The Morgan fingerprint density at radius 1 is 1.69 bits per heavy atom. The van der Waals surface area contributed by atoms with Crippen LogP contribution in [-0.4, -0.2) is 23.5 Å². The van der Waals surface area contributed by atoms with Crippen molar-refractivity contribution in [2.24, 2.45) is 10.7 Å². The van der Waals surface area contributed by atoms with Gasteiger partial charge in [0.05, 0.1) is 18.4 Å². The summed E-state index contributed by atoms with van der Waals surface area (Å²) in [7, 11) is 0. The summed E-state index contributed by atoms with van der Waals surface area (Å²) in [5, 5.41) is 4.70. The van der Waals surface area contributed by atoms with Crippen molar-refractivity contribution >= 4 is 17.7 Å². The number of hydrogen-bond acceptors (Lipinski definition) is 3. The number of terminal acetylenes is 1. The van der Waals surface area contributed by atoms with E-state index in [1.807, 2.05) is 0 Å². The highest BCUT2D eigenvalue weighted by atomic mass is 16.2. The maximum Gasteiger partial charge on any atom is 0.322 e. The van der Waals surface area contributed by atoms with Gasteiger partial charge in [-0.3, -0.25) is 10.3 Å². The normalized spacial score (nSPS) is 10.3. The number of rotatable bonds is 2. The average Bonchev–Trinajstić information content (AvgIpc) is 2.27. The van der Waals surface area contributed by atoms with Crippen LogP contribution in [0.25, 0.3) is 0 Å².